The minimum atomic E-state index is -0.770. The van der Waals surface area contributed by atoms with Crippen molar-refractivity contribution >= 4 is 17.4 Å². The second-order valence-electron chi connectivity index (χ2n) is 5.62. The molecule has 25 heavy (non-hydrogen) atoms. The van der Waals surface area contributed by atoms with Gasteiger partial charge in [0.1, 0.15) is 17.7 Å². The molecule has 1 atom stereocenters. The lowest BCUT2D eigenvalue weighted by molar-refractivity contribution is 0.0924. The first-order valence-corrected chi connectivity index (χ1v) is 7.64. The molecule has 1 aromatic carbocycles. The van der Waals surface area contributed by atoms with Crippen LogP contribution in [0.3, 0.4) is 0 Å². The van der Waals surface area contributed by atoms with E-state index < -0.39 is 11.4 Å². The lowest BCUT2D eigenvalue weighted by Crippen LogP contribution is -2.44. The zero-order chi connectivity index (χ0) is 18.4. The van der Waals surface area contributed by atoms with Crippen molar-refractivity contribution in [3.05, 3.63) is 53.5 Å². The molecule has 0 saturated heterocycles. The van der Waals surface area contributed by atoms with Crippen LogP contribution in [0.25, 0.3) is 0 Å². The van der Waals surface area contributed by atoms with Crippen molar-refractivity contribution in [1.29, 1.82) is 5.26 Å². The maximum absolute atomic E-state index is 13.4. The first kappa shape index (κ1) is 18.0. The fraction of sp³-hybridized carbons (Fsp3) is 0.211. The number of terminal acetylenes is 1. The number of nitrogens with zero attached hydrogens (tertiary/aromatic N) is 2. The molecule has 0 aliphatic carbocycles. The summed E-state index contributed by atoms with van der Waals surface area (Å²) < 4.78 is 13.4. The van der Waals surface area contributed by atoms with E-state index in [0.29, 0.717) is 17.7 Å². The van der Waals surface area contributed by atoms with E-state index in [0.717, 1.165) is 0 Å². The van der Waals surface area contributed by atoms with E-state index in [4.69, 9.17) is 11.7 Å². The van der Waals surface area contributed by atoms with Gasteiger partial charge >= 0.3 is 0 Å². The Hall–Kier alpha value is -3.38. The molecule has 0 spiro atoms. The SMILES string of the molecule is C#C[C@](C)(CC)NC(=O)c1cccnc1Nc1ccc(F)c(C#N)c1. The van der Waals surface area contributed by atoms with Gasteiger partial charge in [-0.15, -0.1) is 6.42 Å². The van der Waals surface area contributed by atoms with Crippen molar-refractivity contribution in [3.8, 4) is 18.4 Å². The highest BCUT2D eigenvalue weighted by molar-refractivity contribution is 6.00. The fourth-order valence-corrected chi connectivity index (χ4v) is 2.06. The molecule has 1 heterocycles. The molecule has 126 valence electrons. The van der Waals surface area contributed by atoms with Gasteiger partial charge in [-0.05, 0) is 43.7 Å². The van der Waals surface area contributed by atoms with Crippen molar-refractivity contribution in [1.82, 2.24) is 10.3 Å². The maximum atomic E-state index is 13.4. The Labute approximate surface area is 145 Å². The minimum Gasteiger partial charge on any atom is -0.340 e. The van der Waals surface area contributed by atoms with Crippen molar-refractivity contribution in [2.75, 3.05) is 5.32 Å². The molecule has 0 saturated carbocycles. The van der Waals surface area contributed by atoms with Crippen LogP contribution in [0.2, 0.25) is 0 Å². The molecular formula is C19H17FN4O. The van der Waals surface area contributed by atoms with Crippen LogP contribution in [0.15, 0.2) is 36.5 Å². The molecule has 0 fully saturated rings. The maximum Gasteiger partial charge on any atom is 0.256 e. The van der Waals surface area contributed by atoms with E-state index in [1.165, 1.54) is 24.4 Å². The van der Waals surface area contributed by atoms with Crippen LogP contribution in [-0.2, 0) is 0 Å². The normalized spacial score (nSPS) is 12.4. The van der Waals surface area contributed by atoms with Crippen LogP contribution in [-0.4, -0.2) is 16.4 Å². The number of nitriles is 1. The Kier molecular flexibility index (Phi) is 5.36. The number of halogens is 1. The van der Waals surface area contributed by atoms with Crippen LogP contribution < -0.4 is 10.6 Å². The smallest absolute Gasteiger partial charge is 0.256 e. The number of nitrogens with one attached hydrogen (secondary N) is 2. The summed E-state index contributed by atoms with van der Waals surface area (Å²) in [6.45, 7) is 3.64. The number of anilines is 2. The summed E-state index contributed by atoms with van der Waals surface area (Å²) in [4.78, 5) is 16.7. The molecule has 0 unspecified atom stereocenters. The van der Waals surface area contributed by atoms with Gasteiger partial charge in [0.15, 0.2) is 0 Å². The highest BCUT2D eigenvalue weighted by Gasteiger charge is 2.23. The second-order valence-corrected chi connectivity index (χ2v) is 5.62. The molecule has 2 N–H and O–H groups in total. The van der Waals surface area contributed by atoms with E-state index in [2.05, 4.69) is 21.5 Å². The van der Waals surface area contributed by atoms with Gasteiger partial charge in [0.05, 0.1) is 16.7 Å². The first-order valence-electron chi connectivity index (χ1n) is 7.64. The van der Waals surface area contributed by atoms with Gasteiger partial charge in [0, 0.05) is 11.9 Å². The molecule has 6 heteroatoms. The molecule has 1 amide bonds. The summed E-state index contributed by atoms with van der Waals surface area (Å²) in [5.74, 6) is 1.87. The van der Waals surface area contributed by atoms with E-state index in [1.807, 2.05) is 6.92 Å². The van der Waals surface area contributed by atoms with E-state index in [9.17, 15) is 9.18 Å². The third-order valence-corrected chi connectivity index (χ3v) is 3.82. The van der Waals surface area contributed by atoms with Gasteiger partial charge in [-0.25, -0.2) is 9.37 Å². The van der Waals surface area contributed by atoms with Crippen molar-refractivity contribution in [3.63, 3.8) is 0 Å². The zero-order valence-electron chi connectivity index (χ0n) is 13.9. The Balaban J connectivity index is 2.31. The number of pyridine rings is 1. The van der Waals surface area contributed by atoms with E-state index in [1.54, 1.807) is 25.1 Å². The number of aromatic nitrogens is 1. The van der Waals surface area contributed by atoms with E-state index >= 15 is 0 Å². The highest BCUT2D eigenvalue weighted by Crippen LogP contribution is 2.21. The standard InChI is InChI=1S/C19H17FN4O/c1-4-19(3,5-2)24-18(25)15-7-6-10-22-17(15)23-14-8-9-16(20)13(11-14)12-21/h1,6-11H,5H2,2-3H3,(H,22,23)(H,24,25)/t19-/m1/s1. The third kappa shape index (κ3) is 4.13. The number of carbonyl (C=O) groups is 1. The zero-order valence-corrected chi connectivity index (χ0v) is 13.9. The average molecular weight is 336 g/mol. The molecule has 0 bridgehead atoms. The molecule has 0 aliphatic heterocycles. The third-order valence-electron chi connectivity index (χ3n) is 3.82. The molecule has 1 aromatic heterocycles. The van der Waals surface area contributed by atoms with Crippen LogP contribution in [0.1, 0.15) is 36.2 Å². The predicted molar refractivity (Wildman–Crippen MR) is 93.6 cm³/mol. The molecule has 5 nitrogen and oxygen atoms in total. The Morgan fingerprint density at radius 3 is 2.84 bits per heavy atom. The number of rotatable bonds is 5. The topological polar surface area (TPSA) is 77.8 Å². The molecular weight excluding hydrogens is 319 g/mol. The Morgan fingerprint density at radius 2 is 2.20 bits per heavy atom. The summed E-state index contributed by atoms with van der Waals surface area (Å²) in [5, 5.41) is 14.7. The predicted octanol–water partition coefficient (Wildman–Crippen LogP) is 3.37. The number of hydrogen-bond acceptors (Lipinski definition) is 4. The lowest BCUT2D eigenvalue weighted by atomic mass is 9.99. The fourth-order valence-electron chi connectivity index (χ4n) is 2.06. The molecule has 0 aliphatic rings. The van der Waals surface area contributed by atoms with E-state index in [-0.39, 0.29) is 17.3 Å². The number of carbonyl (C=O) groups excluding carboxylic acids is 1. The Morgan fingerprint density at radius 1 is 1.44 bits per heavy atom. The lowest BCUT2D eigenvalue weighted by Gasteiger charge is -2.24. The average Bonchev–Trinajstić information content (AvgIpc) is 2.63. The van der Waals surface area contributed by atoms with Gasteiger partial charge in [-0.3, -0.25) is 4.79 Å². The van der Waals surface area contributed by atoms with Crippen LogP contribution in [0, 0.1) is 29.5 Å². The monoisotopic (exact) mass is 336 g/mol. The van der Waals surface area contributed by atoms with Crippen LogP contribution >= 0.6 is 0 Å². The molecule has 2 rings (SSSR count). The first-order chi connectivity index (χ1) is 11.9. The van der Waals surface area contributed by atoms with Crippen molar-refractivity contribution in [2.24, 2.45) is 0 Å². The summed E-state index contributed by atoms with van der Waals surface area (Å²) in [7, 11) is 0. The van der Waals surface area contributed by atoms with Gasteiger partial charge < -0.3 is 10.6 Å². The highest BCUT2D eigenvalue weighted by atomic mass is 19.1. The summed E-state index contributed by atoms with van der Waals surface area (Å²) in [5.41, 5.74) is -0.132. The second kappa shape index (κ2) is 7.46. The van der Waals surface area contributed by atoms with Crippen LogP contribution in [0.5, 0.6) is 0 Å². The largest absolute Gasteiger partial charge is 0.340 e. The summed E-state index contributed by atoms with van der Waals surface area (Å²) in [6, 6.07) is 8.99. The quantitative estimate of drug-likeness (QED) is 0.821. The van der Waals surface area contributed by atoms with Gasteiger partial charge in [0.25, 0.3) is 5.91 Å². The summed E-state index contributed by atoms with van der Waals surface area (Å²) in [6.07, 6.45) is 7.58. The minimum absolute atomic E-state index is 0.0992. The Bertz CT molecular complexity index is 882. The molecule has 0 radical (unpaired) electrons. The number of benzene rings is 1. The summed E-state index contributed by atoms with van der Waals surface area (Å²) >= 11 is 0. The number of hydrogen-bond donors (Lipinski definition) is 2. The van der Waals surface area contributed by atoms with Crippen molar-refractivity contribution in [2.45, 2.75) is 25.8 Å². The van der Waals surface area contributed by atoms with Gasteiger partial charge in [0.2, 0.25) is 0 Å². The van der Waals surface area contributed by atoms with Crippen LogP contribution in [0.4, 0.5) is 15.9 Å². The molecule has 2 aromatic rings. The van der Waals surface area contributed by atoms with Crippen molar-refractivity contribution < 1.29 is 9.18 Å². The number of amides is 1. The van der Waals surface area contributed by atoms with Gasteiger partial charge in [-0.2, -0.15) is 5.26 Å². The van der Waals surface area contributed by atoms with Gasteiger partial charge in [-0.1, -0.05) is 12.8 Å².